The lowest BCUT2D eigenvalue weighted by atomic mass is 9.95. The molecule has 0 unspecified atom stereocenters. The van der Waals surface area contributed by atoms with Crippen molar-refractivity contribution in [3.8, 4) is 0 Å². The number of carbonyl (C=O) groups excluding carboxylic acids is 1. The van der Waals surface area contributed by atoms with Crippen molar-refractivity contribution in [2.24, 2.45) is 4.99 Å². The largest absolute Gasteiger partial charge is 0.357 e. The maximum Gasteiger partial charge on any atom is 0.221 e. The van der Waals surface area contributed by atoms with Crippen LogP contribution in [-0.2, 0) is 11.3 Å². The van der Waals surface area contributed by atoms with E-state index < -0.39 is 0 Å². The number of hydrogen-bond donors (Lipinski definition) is 3. The van der Waals surface area contributed by atoms with Crippen molar-refractivity contribution in [1.29, 1.82) is 0 Å². The minimum absolute atomic E-state index is 0.112. The SMILES string of the molecule is CCNC(=NCc1ccccc1Cl)NCCC(=O)NC1CCCCC1. The molecule has 25 heavy (non-hydrogen) atoms. The van der Waals surface area contributed by atoms with Gasteiger partial charge in [0, 0.05) is 30.6 Å². The molecule has 0 bridgehead atoms. The Bertz CT molecular complexity index is 570. The van der Waals surface area contributed by atoms with Crippen molar-refractivity contribution in [2.75, 3.05) is 13.1 Å². The summed E-state index contributed by atoms with van der Waals surface area (Å²) in [4.78, 5) is 16.6. The lowest BCUT2D eigenvalue weighted by molar-refractivity contribution is -0.121. The third-order valence-corrected chi connectivity index (χ3v) is 4.69. The fraction of sp³-hybridized carbons (Fsp3) is 0.579. The first-order valence-electron chi connectivity index (χ1n) is 9.24. The molecule has 1 aliphatic carbocycles. The molecule has 0 radical (unpaired) electrons. The number of nitrogens with zero attached hydrogens (tertiary/aromatic N) is 1. The van der Waals surface area contributed by atoms with E-state index in [1.165, 1.54) is 19.3 Å². The molecule has 0 heterocycles. The third-order valence-electron chi connectivity index (χ3n) is 4.32. The summed E-state index contributed by atoms with van der Waals surface area (Å²) in [5.74, 6) is 0.814. The summed E-state index contributed by atoms with van der Waals surface area (Å²) in [5, 5.41) is 10.3. The Morgan fingerprint density at radius 2 is 1.96 bits per heavy atom. The van der Waals surface area contributed by atoms with Gasteiger partial charge in [0.25, 0.3) is 0 Å². The average Bonchev–Trinajstić information content (AvgIpc) is 2.61. The molecule has 0 saturated heterocycles. The van der Waals surface area contributed by atoms with E-state index in [1.54, 1.807) is 0 Å². The maximum atomic E-state index is 12.0. The van der Waals surface area contributed by atoms with Crippen molar-refractivity contribution in [2.45, 2.75) is 58.0 Å². The highest BCUT2D eigenvalue weighted by molar-refractivity contribution is 6.31. The number of guanidine groups is 1. The highest BCUT2D eigenvalue weighted by Crippen LogP contribution is 2.17. The quantitative estimate of drug-likeness (QED) is 0.514. The lowest BCUT2D eigenvalue weighted by Crippen LogP contribution is -2.41. The van der Waals surface area contributed by atoms with Gasteiger partial charge in [-0.1, -0.05) is 49.1 Å². The van der Waals surface area contributed by atoms with Gasteiger partial charge in [-0.3, -0.25) is 4.79 Å². The number of amides is 1. The maximum absolute atomic E-state index is 12.0. The van der Waals surface area contributed by atoms with Crippen LogP contribution in [0.5, 0.6) is 0 Å². The monoisotopic (exact) mass is 364 g/mol. The van der Waals surface area contributed by atoms with Gasteiger partial charge in [0.05, 0.1) is 6.54 Å². The normalized spacial score (nSPS) is 15.7. The van der Waals surface area contributed by atoms with Crippen molar-refractivity contribution in [3.05, 3.63) is 34.9 Å². The van der Waals surface area contributed by atoms with E-state index >= 15 is 0 Å². The van der Waals surface area contributed by atoms with E-state index in [4.69, 9.17) is 11.6 Å². The van der Waals surface area contributed by atoms with Gasteiger partial charge in [-0.15, -0.1) is 0 Å². The Hall–Kier alpha value is -1.75. The highest BCUT2D eigenvalue weighted by Gasteiger charge is 2.15. The molecular weight excluding hydrogens is 336 g/mol. The third kappa shape index (κ3) is 7.34. The number of carbonyl (C=O) groups is 1. The molecule has 2 rings (SSSR count). The fourth-order valence-electron chi connectivity index (χ4n) is 2.97. The minimum atomic E-state index is 0.112. The van der Waals surface area contributed by atoms with Gasteiger partial charge in [0.1, 0.15) is 0 Å². The summed E-state index contributed by atoms with van der Waals surface area (Å²) < 4.78 is 0. The van der Waals surface area contributed by atoms with Gasteiger partial charge in [-0.05, 0) is 31.4 Å². The first kappa shape index (κ1) is 19.6. The summed E-state index contributed by atoms with van der Waals surface area (Å²) in [5.41, 5.74) is 0.983. The van der Waals surface area contributed by atoms with Gasteiger partial charge in [0.15, 0.2) is 5.96 Å². The fourth-order valence-corrected chi connectivity index (χ4v) is 3.17. The highest BCUT2D eigenvalue weighted by atomic mass is 35.5. The van der Waals surface area contributed by atoms with Crippen LogP contribution in [0.25, 0.3) is 0 Å². The van der Waals surface area contributed by atoms with E-state index in [0.717, 1.165) is 24.9 Å². The van der Waals surface area contributed by atoms with E-state index in [2.05, 4.69) is 20.9 Å². The summed E-state index contributed by atoms with van der Waals surface area (Å²) in [6, 6.07) is 8.05. The lowest BCUT2D eigenvalue weighted by Gasteiger charge is -2.22. The van der Waals surface area contributed by atoms with Crippen molar-refractivity contribution < 1.29 is 4.79 Å². The average molecular weight is 365 g/mol. The zero-order valence-electron chi connectivity index (χ0n) is 15.0. The molecular formula is C19H29ClN4O. The number of hydrogen-bond acceptors (Lipinski definition) is 2. The van der Waals surface area contributed by atoms with Crippen LogP contribution < -0.4 is 16.0 Å². The summed E-state index contributed by atoms with van der Waals surface area (Å²) in [6.45, 7) is 3.85. The molecule has 138 valence electrons. The van der Waals surface area contributed by atoms with E-state index in [-0.39, 0.29) is 5.91 Å². The molecule has 6 heteroatoms. The van der Waals surface area contributed by atoms with Crippen LogP contribution in [0.4, 0.5) is 0 Å². The van der Waals surface area contributed by atoms with E-state index in [1.807, 2.05) is 31.2 Å². The Morgan fingerprint density at radius 3 is 2.68 bits per heavy atom. The van der Waals surface area contributed by atoms with Crippen molar-refractivity contribution >= 4 is 23.5 Å². The number of aliphatic imine (C=N–C) groups is 1. The van der Waals surface area contributed by atoms with Crippen LogP contribution in [0.2, 0.25) is 5.02 Å². The van der Waals surface area contributed by atoms with E-state index in [9.17, 15) is 4.79 Å². The topological polar surface area (TPSA) is 65.5 Å². The first-order valence-corrected chi connectivity index (χ1v) is 9.61. The second kappa shape index (κ2) is 11.0. The molecule has 1 aliphatic rings. The second-order valence-corrected chi connectivity index (χ2v) is 6.77. The first-order chi connectivity index (χ1) is 12.2. The Balaban J connectivity index is 1.75. The summed E-state index contributed by atoms with van der Waals surface area (Å²) in [7, 11) is 0. The number of benzene rings is 1. The zero-order chi connectivity index (χ0) is 17.9. The Morgan fingerprint density at radius 1 is 1.20 bits per heavy atom. The van der Waals surface area contributed by atoms with Crippen molar-refractivity contribution in [3.63, 3.8) is 0 Å². The number of rotatable bonds is 7. The van der Waals surface area contributed by atoms with Gasteiger partial charge >= 0.3 is 0 Å². The zero-order valence-corrected chi connectivity index (χ0v) is 15.7. The molecule has 5 nitrogen and oxygen atoms in total. The molecule has 0 atom stereocenters. The minimum Gasteiger partial charge on any atom is -0.357 e. The van der Waals surface area contributed by atoms with Crippen LogP contribution in [0.3, 0.4) is 0 Å². The molecule has 0 aliphatic heterocycles. The molecule has 1 saturated carbocycles. The number of halogens is 1. The molecule has 1 aromatic rings. The number of nitrogens with one attached hydrogen (secondary N) is 3. The van der Waals surface area contributed by atoms with Gasteiger partial charge < -0.3 is 16.0 Å². The molecule has 1 aromatic carbocycles. The molecule has 3 N–H and O–H groups in total. The molecule has 1 fully saturated rings. The van der Waals surface area contributed by atoms with Crippen LogP contribution in [0.15, 0.2) is 29.3 Å². The smallest absolute Gasteiger partial charge is 0.221 e. The van der Waals surface area contributed by atoms with Gasteiger partial charge in [-0.2, -0.15) is 0 Å². The predicted molar refractivity (Wildman–Crippen MR) is 104 cm³/mol. The van der Waals surface area contributed by atoms with Crippen LogP contribution in [0, 0.1) is 0 Å². The molecule has 0 spiro atoms. The van der Waals surface area contributed by atoms with Crippen LogP contribution >= 0.6 is 11.6 Å². The van der Waals surface area contributed by atoms with Crippen LogP contribution in [-0.4, -0.2) is 31.0 Å². The Kier molecular flexibility index (Phi) is 8.60. The van der Waals surface area contributed by atoms with E-state index in [0.29, 0.717) is 36.5 Å². The Labute approximate surface area is 155 Å². The van der Waals surface area contributed by atoms with Crippen molar-refractivity contribution in [1.82, 2.24) is 16.0 Å². The molecule has 1 amide bonds. The standard InChI is InChI=1S/C19H29ClN4O/c1-2-21-19(23-14-15-8-6-7-11-17(15)20)22-13-12-18(25)24-16-9-4-3-5-10-16/h6-8,11,16H,2-5,9-10,12-14H2,1H3,(H,24,25)(H2,21,22,23). The van der Waals surface area contributed by atoms with Crippen LogP contribution in [0.1, 0.15) is 51.0 Å². The summed E-state index contributed by atoms with van der Waals surface area (Å²) >= 11 is 6.16. The second-order valence-electron chi connectivity index (χ2n) is 6.37. The summed E-state index contributed by atoms with van der Waals surface area (Å²) in [6.07, 6.45) is 6.42. The molecule has 0 aromatic heterocycles. The predicted octanol–water partition coefficient (Wildman–Crippen LogP) is 3.23. The van der Waals surface area contributed by atoms with Gasteiger partial charge in [0.2, 0.25) is 5.91 Å². The van der Waals surface area contributed by atoms with Gasteiger partial charge in [-0.25, -0.2) is 4.99 Å².